The van der Waals surface area contributed by atoms with Crippen LogP contribution in [0.2, 0.25) is 0 Å². The maximum atomic E-state index is 13.7. The molecule has 37 heavy (non-hydrogen) atoms. The van der Waals surface area contributed by atoms with E-state index in [4.69, 9.17) is 0 Å². The minimum absolute atomic E-state index is 0.0658. The molecule has 3 aromatic rings. The van der Waals surface area contributed by atoms with Gasteiger partial charge >= 0.3 is 12.4 Å². The van der Waals surface area contributed by atoms with E-state index in [-0.39, 0.29) is 29.2 Å². The number of nitrogens with one attached hydrogen (secondary N) is 1. The van der Waals surface area contributed by atoms with Gasteiger partial charge in [-0.25, -0.2) is 19.9 Å². The van der Waals surface area contributed by atoms with Gasteiger partial charge < -0.3 is 10.2 Å². The summed E-state index contributed by atoms with van der Waals surface area (Å²) < 4.78 is 78.8. The minimum atomic E-state index is -4.76. The summed E-state index contributed by atoms with van der Waals surface area (Å²) in [4.78, 5) is 30.8. The predicted octanol–water partition coefficient (Wildman–Crippen LogP) is 5.08. The van der Waals surface area contributed by atoms with Crippen LogP contribution in [-0.2, 0) is 12.4 Å². The van der Waals surface area contributed by atoms with Crippen molar-refractivity contribution in [2.45, 2.75) is 37.7 Å². The highest BCUT2D eigenvalue weighted by atomic mass is 19.4. The van der Waals surface area contributed by atoms with E-state index in [1.807, 2.05) is 0 Å². The Bertz CT molecular complexity index is 1290. The second-order valence-electron chi connectivity index (χ2n) is 9.26. The largest absolute Gasteiger partial charge is 0.433 e. The lowest BCUT2D eigenvalue weighted by Gasteiger charge is -2.26. The van der Waals surface area contributed by atoms with Gasteiger partial charge in [0.15, 0.2) is 5.82 Å². The molecular formula is C24H20F6N6O. The Morgan fingerprint density at radius 2 is 1.73 bits per heavy atom. The van der Waals surface area contributed by atoms with Gasteiger partial charge in [-0.15, -0.1) is 0 Å². The van der Waals surface area contributed by atoms with Crippen molar-refractivity contribution in [3.8, 4) is 11.4 Å². The zero-order chi connectivity index (χ0) is 26.4. The van der Waals surface area contributed by atoms with E-state index in [2.05, 4.69) is 25.3 Å². The maximum Gasteiger partial charge on any atom is 0.433 e. The first kappa shape index (κ1) is 24.9. The number of rotatable bonds is 5. The highest BCUT2D eigenvalue weighted by molar-refractivity contribution is 5.98. The molecule has 1 spiro atoms. The van der Waals surface area contributed by atoms with Crippen LogP contribution in [0.3, 0.4) is 0 Å². The lowest BCUT2D eigenvalue weighted by atomic mass is 10.0. The number of anilines is 1. The summed E-state index contributed by atoms with van der Waals surface area (Å²) >= 11 is 0. The number of hydrogen-bond acceptors (Lipinski definition) is 6. The number of likely N-dealkylation sites (tertiary alicyclic amines) is 1. The molecule has 1 aliphatic heterocycles. The minimum Gasteiger partial charge on any atom is -0.368 e. The number of amides is 1. The average Bonchev–Trinajstić information content (AvgIpc) is 3.52. The van der Waals surface area contributed by atoms with Gasteiger partial charge in [0.25, 0.3) is 5.91 Å². The molecule has 1 saturated carbocycles. The van der Waals surface area contributed by atoms with E-state index >= 15 is 0 Å². The zero-order valence-electron chi connectivity index (χ0n) is 19.1. The highest BCUT2D eigenvalue weighted by Crippen LogP contribution is 2.55. The van der Waals surface area contributed by atoms with Crippen molar-refractivity contribution < 1.29 is 31.1 Å². The summed E-state index contributed by atoms with van der Waals surface area (Å²) in [5, 5.41) is 2.95. The van der Waals surface area contributed by atoms with E-state index in [0.29, 0.717) is 19.2 Å². The molecule has 0 aromatic carbocycles. The summed E-state index contributed by atoms with van der Waals surface area (Å²) in [6, 6.07) is 5.12. The first-order valence-electron chi connectivity index (χ1n) is 11.4. The summed E-state index contributed by atoms with van der Waals surface area (Å²) in [6.45, 7) is 0.494. The molecule has 1 N–H and O–H groups in total. The maximum absolute atomic E-state index is 13.7. The topological polar surface area (TPSA) is 83.9 Å². The van der Waals surface area contributed by atoms with Gasteiger partial charge in [-0.2, -0.15) is 26.3 Å². The first-order chi connectivity index (χ1) is 17.5. The van der Waals surface area contributed by atoms with Crippen LogP contribution in [0, 0.1) is 5.41 Å². The van der Waals surface area contributed by atoms with Gasteiger partial charge in [0.1, 0.15) is 17.2 Å². The molecule has 194 valence electrons. The van der Waals surface area contributed by atoms with Crippen LogP contribution in [0.1, 0.15) is 41.0 Å². The molecule has 2 fully saturated rings. The highest BCUT2D eigenvalue weighted by Gasteiger charge is 2.53. The Morgan fingerprint density at radius 3 is 2.32 bits per heavy atom. The monoisotopic (exact) mass is 522 g/mol. The number of pyridine rings is 2. The summed E-state index contributed by atoms with van der Waals surface area (Å²) in [7, 11) is 0. The van der Waals surface area contributed by atoms with Crippen molar-refractivity contribution in [1.82, 2.24) is 24.8 Å². The van der Waals surface area contributed by atoms with E-state index in [0.717, 1.165) is 31.0 Å². The van der Waals surface area contributed by atoms with E-state index in [1.54, 1.807) is 0 Å². The fourth-order valence-corrected chi connectivity index (χ4v) is 4.55. The van der Waals surface area contributed by atoms with Crippen molar-refractivity contribution in [1.29, 1.82) is 0 Å². The summed E-state index contributed by atoms with van der Waals surface area (Å²) in [5.41, 5.74) is -2.55. The molecule has 1 aliphatic carbocycles. The van der Waals surface area contributed by atoms with Crippen LogP contribution >= 0.6 is 0 Å². The van der Waals surface area contributed by atoms with Gasteiger partial charge in [-0.05, 0) is 55.0 Å². The Balaban J connectivity index is 1.42. The van der Waals surface area contributed by atoms with Gasteiger partial charge in [0.2, 0.25) is 0 Å². The first-order valence-corrected chi connectivity index (χ1v) is 11.4. The molecule has 4 heterocycles. The molecular weight excluding hydrogens is 502 g/mol. The Kier molecular flexibility index (Phi) is 6.03. The molecule has 1 saturated heterocycles. The third-order valence-corrected chi connectivity index (χ3v) is 6.64. The smallest absolute Gasteiger partial charge is 0.368 e. The fourth-order valence-electron chi connectivity index (χ4n) is 4.55. The molecule has 0 unspecified atom stereocenters. The Morgan fingerprint density at radius 1 is 1.00 bits per heavy atom. The molecule has 7 nitrogen and oxygen atoms in total. The van der Waals surface area contributed by atoms with Crippen molar-refractivity contribution in [2.24, 2.45) is 5.41 Å². The Hall–Kier alpha value is -3.77. The van der Waals surface area contributed by atoms with Crippen LogP contribution in [0.25, 0.3) is 11.4 Å². The van der Waals surface area contributed by atoms with Crippen LogP contribution in [0.15, 0.2) is 48.9 Å². The van der Waals surface area contributed by atoms with Crippen molar-refractivity contribution in [3.05, 3.63) is 65.9 Å². The van der Waals surface area contributed by atoms with Crippen LogP contribution in [-0.4, -0.2) is 49.9 Å². The van der Waals surface area contributed by atoms with Gasteiger partial charge in [-0.1, -0.05) is 0 Å². The molecule has 0 radical (unpaired) electrons. The number of nitrogens with zero attached hydrogens (tertiary/aromatic N) is 5. The SMILES string of the molecule is O=C(c1nc(C(F)(F)F)ccc1-c1ncccn1)N1CC2(CC2)C[C@H]1CNc1ccc(C(F)(F)F)cn1. The van der Waals surface area contributed by atoms with Crippen LogP contribution in [0.5, 0.6) is 0 Å². The van der Waals surface area contributed by atoms with E-state index in [1.165, 1.54) is 29.4 Å². The van der Waals surface area contributed by atoms with Gasteiger partial charge in [0.05, 0.1) is 11.1 Å². The van der Waals surface area contributed by atoms with Crippen LogP contribution < -0.4 is 5.32 Å². The number of halogens is 6. The van der Waals surface area contributed by atoms with Crippen molar-refractivity contribution >= 4 is 11.7 Å². The molecule has 1 atom stereocenters. The molecule has 3 aromatic heterocycles. The van der Waals surface area contributed by atoms with Gasteiger partial charge in [-0.3, -0.25) is 4.79 Å². The van der Waals surface area contributed by atoms with E-state index in [9.17, 15) is 31.1 Å². The zero-order valence-corrected chi connectivity index (χ0v) is 19.1. The molecule has 13 heteroatoms. The lowest BCUT2D eigenvalue weighted by Crippen LogP contribution is -2.40. The second kappa shape index (κ2) is 8.96. The number of aromatic nitrogens is 4. The molecule has 1 amide bonds. The quantitative estimate of drug-likeness (QED) is 0.471. The average molecular weight is 522 g/mol. The van der Waals surface area contributed by atoms with E-state index < -0.39 is 41.3 Å². The number of carbonyl (C=O) groups is 1. The third-order valence-electron chi connectivity index (χ3n) is 6.64. The standard InChI is InChI=1S/C24H20F6N6O/c25-23(26,27)14-2-5-18(33-11-14)34-12-15-10-22(6-7-22)13-36(15)21(37)19-16(20-31-8-1-9-32-20)3-4-17(35-19)24(28,29)30/h1-5,8-9,11,15H,6-7,10,12-13H2,(H,33,34)/t15-/m0/s1. The second-order valence-corrected chi connectivity index (χ2v) is 9.26. The summed E-state index contributed by atoms with van der Waals surface area (Å²) in [5.74, 6) is -0.437. The molecule has 5 rings (SSSR count). The molecule has 0 bridgehead atoms. The number of hydrogen-bond donors (Lipinski definition) is 1. The predicted molar refractivity (Wildman–Crippen MR) is 119 cm³/mol. The Labute approximate surface area is 207 Å². The number of carbonyl (C=O) groups excluding carboxylic acids is 1. The number of alkyl halides is 6. The normalized spacial score (nSPS) is 18.8. The van der Waals surface area contributed by atoms with Crippen LogP contribution in [0.4, 0.5) is 32.2 Å². The van der Waals surface area contributed by atoms with Crippen molar-refractivity contribution in [2.75, 3.05) is 18.4 Å². The summed E-state index contributed by atoms with van der Waals surface area (Å²) in [6.07, 6.45) is -3.41. The molecule has 2 aliphatic rings. The van der Waals surface area contributed by atoms with Crippen molar-refractivity contribution in [3.63, 3.8) is 0 Å². The van der Waals surface area contributed by atoms with Gasteiger partial charge in [0, 0.05) is 37.7 Å². The third kappa shape index (κ3) is 5.20. The fraction of sp³-hybridized carbons (Fsp3) is 0.375. The lowest BCUT2D eigenvalue weighted by molar-refractivity contribution is -0.141.